The number of carbonyl (C=O) groups is 1. The molecule has 5 rings (SSSR count). The zero-order chi connectivity index (χ0) is 21.4. The number of carbonyl (C=O) groups excluding carboxylic acids is 1. The van der Waals surface area contributed by atoms with E-state index >= 15 is 0 Å². The fourth-order valence-electron chi connectivity index (χ4n) is 4.15. The third kappa shape index (κ3) is 3.77. The van der Waals surface area contributed by atoms with Crippen LogP contribution in [0.25, 0.3) is 0 Å². The number of amidine groups is 1. The summed E-state index contributed by atoms with van der Waals surface area (Å²) in [6.45, 7) is 4.05. The molecule has 1 fully saturated rings. The molecule has 0 saturated carbocycles. The summed E-state index contributed by atoms with van der Waals surface area (Å²) >= 11 is 6.09. The van der Waals surface area contributed by atoms with Crippen molar-refractivity contribution in [3.8, 4) is 11.5 Å². The Morgan fingerprint density at radius 3 is 2.58 bits per heavy atom. The Hall–Kier alpha value is -3.31. The average Bonchev–Trinajstić information content (AvgIpc) is 2.95. The number of fused-ring (bicyclic) bond motifs is 2. The van der Waals surface area contributed by atoms with Crippen LogP contribution in [0.2, 0.25) is 5.02 Å². The van der Waals surface area contributed by atoms with Gasteiger partial charge in [-0.25, -0.2) is 4.99 Å². The van der Waals surface area contributed by atoms with Gasteiger partial charge in [-0.05, 0) is 49.4 Å². The fourth-order valence-corrected chi connectivity index (χ4v) is 4.34. The number of hydrogen-bond acceptors (Lipinski definition) is 4. The van der Waals surface area contributed by atoms with Gasteiger partial charge in [0.2, 0.25) is 0 Å². The summed E-state index contributed by atoms with van der Waals surface area (Å²) in [4.78, 5) is 22.2. The predicted octanol–water partition coefficient (Wildman–Crippen LogP) is 5.37. The summed E-state index contributed by atoms with van der Waals surface area (Å²) in [5.41, 5.74) is 2.38. The number of benzene rings is 3. The van der Waals surface area contributed by atoms with Gasteiger partial charge in [0.05, 0.1) is 5.56 Å². The molecule has 0 aromatic heterocycles. The predicted molar refractivity (Wildman–Crippen MR) is 123 cm³/mol. The number of amides is 1. The number of halogens is 1. The highest BCUT2D eigenvalue weighted by molar-refractivity contribution is 6.31. The number of nitrogens with zero attached hydrogens (tertiary/aromatic N) is 3. The molecule has 2 aliphatic rings. The Labute approximate surface area is 186 Å². The molecule has 0 spiro atoms. The molecule has 1 amide bonds. The largest absolute Gasteiger partial charge is 0.454 e. The Balaban J connectivity index is 1.44. The van der Waals surface area contributed by atoms with Crippen molar-refractivity contribution in [2.24, 2.45) is 4.99 Å². The van der Waals surface area contributed by atoms with Crippen LogP contribution in [0, 0.1) is 0 Å². The van der Waals surface area contributed by atoms with Gasteiger partial charge in [0.15, 0.2) is 5.75 Å². The third-order valence-electron chi connectivity index (χ3n) is 5.70. The molecule has 0 N–H and O–H groups in total. The Kier molecular flexibility index (Phi) is 5.12. The van der Waals surface area contributed by atoms with E-state index in [1.54, 1.807) is 12.1 Å². The van der Waals surface area contributed by atoms with E-state index < -0.39 is 0 Å². The number of ether oxygens (including phenoxy) is 1. The molecule has 156 valence electrons. The van der Waals surface area contributed by atoms with E-state index in [1.165, 1.54) is 0 Å². The minimum absolute atomic E-state index is 0.00605. The highest BCUT2D eigenvalue weighted by Gasteiger charge is 2.31. The van der Waals surface area contributed by atoms with Crippen LogP contribution in [0.5, 0.6) is 11.5 Å². The van der Waals surface area contributed by atoms with Crippen molar-refractivity contribution >= 4 is 29.0 Å². The van der Waals surface area contributed by atoms with E-state index in [0.717, 1.165) is 28.6 Å². The SMILES string of the molecule is CC1CN(C2=Nc3ccccc3Oc3ccccc32)CCN1C(=O)c1cccc(Cl)c1. The Morgan fingerprint density at radius 1 is 1.00 bits per heavy atom. The van der Waals surface area contributed by atoms with Gasteiger partial charge in [-0.15, -0.1) is 0 Å². The molecule has 2 aliphatic heterocycles. The van der Waals surface area contributed by atoms with Crippen LogP contribution in [0.3, 0.4) is 0 Å². The number of para-hydroxylation sites is 3. The molecule has 1 saturated heterocycles. The first kappa shape index (κ1) is 19.6. The zero-order valence-corrected chi connectivity index (χ0v) is 17.9. The molecule has 3 aromatic rings. The van der Waals surface area contributed by atoms with Crippen LogP contribution in [-0.2, 0) is 0 Å². The van der Waals surface area contributed by atoms with Crippen molar-refractivity contribution in [3.63, 3.8) is 0 Å². The second kappa shape index (κ2) is 8.08. The lowest BCUT2D eigenvalue weighted by molar-refractivity contribution is 0.0581. The molecule has 0 radical (unpaired) electrons. The second-order valence-electron chi connectivity index (χ2n) is 7.81. The summed E-state index contributed by atoms with van der Waals surface area (Å²) in [5.74, 6) is 2.41. The maximum atomic E-state index is 13.1. The molecular weight excluding hydrogens is 410 g/mol. The van der Waals surface area contributed by atoms with E-state index in [2.05, 4.69) is 11.8 Å². The van der Waals surface area contributed by atoms with E-state index in [-0.39, 0.29) is 11.9 Å². The topological polar surface area (TPSA) is 45.1 Å². The fraction of sp³-hybridized carbons (Fsp3) is 0.200. The van der Waals surface area contributed by atoms with Crippen LogP contribution in [0.4, 0.5) is 5.69 Å². The van der Waals surface area contributed by atoms with Gasteiger partial charge in [0.1, 0.15) is 17.3 Å². The summed E-state index contributed by atoms with van der Waals surface area (Å²) in [5, 5.41) is 0.570. The molecule has 0 bridgehead atoms. The highest BCUT2D eigenvalue weighted by atomic mass is 35.5. The molecule has 6 heteroatoms. The lowest BCUT2D eigenvalue weighted by Crippen LogP contribution is -2.55. The quantitative estimate of drug-likeness (QED) is 0.520. The van der Waals surface area contributed by atoms with Crippen LogP contribution in [0.15, 0.2) is 77.8 Å². The van der Waals surface area contributed by atoms with E-state index in [9.17, 15) is 4.79 Å². The van der Waals surface area contributed by atoms with Gasteiger partial charge >= 0.3 is 0 Å². The summed E-state index contributed by atoms with van der Waals surface area (Å²) < 4.78 is 6.16. The van der Waals surface area contributed by atoms with Gasteiger partial charge in [-0.3, -0.25) is 4.79 Å². The first-order valence-corrected chi connectivity index (χ1v) is 10.7. The van der Waals surface area contributed by atoms with Gasteiger partial charge in [0, 0.05) is 36.3 Å². The van der Waals surface area contributed by atoms with Crippen LogP contribution in [0.1, 0.15) is 22.8 Å². The standard InChI is InChI=1S/C25H22ClN3O2/c1-17-16-28(13-14-29(17)25(30)18-7-6-8-19(26)15-18)24-20-9-2-4-11-22(20)31-23-12-5-3-10-21(23)27-24/h2-12,15,17H,13-14,16H2,1H3. The molecule has 1 atom stereocenters. The smallest absolute Gasteiger partial charge is 0.254 e. The zero-order valence-electron chi connectivity index (χ0n) is 17.2. The third-order valence-corrected chi connectivity index (χ3v) is 5.93. The minimum atomic E-state index is 0.00605. The molecule has 0 aliphatic carbocycles. The van der Waals surface area contributed by atoms with Crippen LogP contribution >= 0.6 is 11.6 Å². The van der Waals surface area contributed by atoms with Crippen molar-refractivity contribution in [1.82, 2.24) is 9.80 Å². The first-order valence-electron chi connectivity index (χ1n) is 10.4. The van der Waals surface area contributed by atoms with E-state index in [1.807, 2.05) is 65.6 Å². The normalized spacial score (nSPS) is 17.7. The van der Waals surface area contributed by atoms with Crippen LogP contribution in [-0.4, -0.2) is 47.2 Å². The first-order chi connectivity index (χ1) is 15.1. The van der Waals surface area contributed by atoms with Crippen molar-refractivity contribution in [1.29, 1.82) is 0 Å². The second-order valence-corrected chi connectivity index (χ2v) is 8.24. The summed E-state index contributed by atoms with van der Waals surface area (Å²) in [7, 11) is 0. The summed E-state index contributed by atoms with van der Waals surface area (Å²) in [6.07, 6.45) is 0. The number of aliphatic imine (C=N–C) groups is 1. The van der Waals surface area contributed by atoms with Crippen molar-refractivity contribution in [2.45, 2.75) is 13.0 Å². The van der Waals surface area contributed by atoms with Gasteiger partial charge in [-0.2, -0.15) is 0 Å². The van der Waals surface area contributed by atoms with E-state index in [0.29, 0.717) is 30.2 Å². The van der Waals surface area contributed by atoms with Gasteiger partial charge in [-0.1, -0.05) is 41.9 Å². The molecule has 3 aromatic carbocycles. The number of piperazine rings is 1. The van der Waals surface area contributed by atoms with Crippen LogP contribution < -0.4 is 4.74 Å². The monoisotopic (exact) mass is 431 g/mol. The molecule has 1 unspecified atom stereocenters. The number of hydrogen-bond donors (Lipinski definition) is 0. The van der Waals surface area contributed by atoms with Crippen molar-refractivity contribution in [3.05, 3.63) is 88.9 Å². The highest BCUT2D eigenvalue weighted by Crippen LogP contribution is 2.38. The lowest BCUT2D eigenvalue weighted by Gasteiger charge is -2.41. The molecule has 2 heterocycles. The van der Waals surface area contributed by atoms with Gasteiger partial charge in [0.25, 0.3) is 5.91 Å². The Morgan fingerprint density at radius 2 is 1.77 bits per heavy atom. The Bertz CT molecular complexity index is 1180. The minimum Gasteiger partial charge on any atom is -0.454 e. The van der Waals surface area contributed by atoms with Crippen molar-refractivity contribution in [2.75, 3.05) is 19.6 Å². The molecule has 31 heavy (non-hydrogen) atoms. The maximum Gasteiger partial charge on any atom is 0.254 e. The molecule has 5 nitrogen and oxygen atoms in total. The van der Waals surface area contributed by atoms with Gasteiger partial charge < -0.3 is 14.5 Å². The molecular formula is C25H22ClN3O2. The average molecular weight is 432 g/mol. The van der Waals surface area contributed by atoms with Crippen molar-refractivity contribution < 1.29 is 9.53 Å². The lowest BCUT2D eigenvalue weighted by atomic mass is 10.1. The van der Waals surface area contributed by atoms with E-state index in [4.69, 9.17) is 21.3 Å². The maximum absolute atomic E-state index is 13.1. The number of rotatable bonds is 1. The summed E-state index contributed by atoms with van der Waals surface area (Å²) in [6, 6.07) is 22.9.